The van der Waals surface area contributed by atoms with Crippen molar-refractivity contribution >= 4 is 35.3 Å². The van der Waals surface area contributed by atoms with E-state index in [1.54, 1.807) is 11.6 Å². The highest BCUT2D eigenvalue weighted by Gasteiger charge is 2.23. The van der Waals surface area contributed by atoms with Gasteiger partial charge in [-0.15, -0.1) is 0 Å². The van der Waals surface area contributed by atoms with E-state index in [4.69, 9.17) is 11.6 Å². The molecule has 0 bridgehead atoms. The molecular formula is C23H30ClF2N5O. The first-order valence-electron chi connectivity index (χ1n) is 10.7. The first-order chi connectivity index (χ1) is 15.1. The number of hydrogen-bond donors (Lipinski definition) is 0. The number of anilines is 2. The fourth-order valence-electron chi connectivity index (χ4n) is 3.95. The lowest BCUT2D eigenvalue weighted by Crippen LogP contribution is -2.51. The Kier molecular flexibility index (Phi) is 7.44. The number of alkyl halides is 2. The molecule has 0 saturated carbocycles. The third kappa shape index (κ3) is 4.90. The predicted octanol–water partition coefficient (Wildman–Crippen LogP) is 2.76. The van der Waals surface area contributed by atoms with Crippen molar-refractivity contribution in [2.24, 2.45) is 7.05 Å². The van der Waals surface area contributed by atoms with Gasteiger partial charge in [0.15, 0.2) is 5.15 Å². The van der Waals surface area contributed by atoms with Crippen LogP contribution in [0.25, 0.3) is 12.2 Å². The maximum Gasteiger partial charge on any atom is 0.259 e. The lowest BCUT2D eigenvalue weighted by atomic mass is 10.1. The molecule has 3 rings (SSSR count). The number of halogens is 3. The Hall–Kier alpha value is -2.61. The summed E-state index contributed by atoms with van der Waals surface area (Å²) in [7, 11) is 1.76. The van der Waals surface area contributed by atoms with Crippen molar-refractivity contribution in [3.8, 4) is 0 Å². The molecule has 174 valence electrons. The zero-order chi connectivity index (χ0) is 23.6. The summed E-state index contributed by atoms with van der Waals surface area (Å²) < 4.78 is 28.1. The van der Waals surface area contributed by atoms with E-state index < -0.39 is 13.0 Å². The second kappa shape index (κ2) is 9.90. The van der Waals surface area contributed by atoms with E-state index in [1.807, 2.05) is 17.9 Å². The molecule has 2 aromatic rings. The molecule has 0 aliphatic carbocycles. The van der Waals surface area contributed by atoms with E-state index in [0.717, 1.165) is 27.7 Å². The maximum absolute atomic E-state index is 12.9. The number of hydrogen-bond acceptors (Lipinski definition) is 4. The average molecular weight is 466 g/mol. The number of aromatic nitrogens is 3. The molecule has 1 saturated heterocycles. The van der Waals surface area contributed by atoms with E-state index in [0.29, 0.717) is 37.1 Å². The van der Waals surface area contributed by atoms with Crippen molar-refractivity contribution in [2.75, 3.05) is 36.0 Å². The smallest absolute Gasteiger partial charge is 0.259 e. The molecule has 9 heteroatoms. The van der Waals surface area contributed by atoms with Crippen LogP contribution in [0.15, 0.2) is 28.7 Å². The van der Waals surface area contributed by atoms with Crippen molar-refractivity contribution in [3.63, 3.8) is 0 Å². The van der Waals surface area contributed by atoms with Crippen molar-refractivity contribution in [1.82, 2.24) is 14.3 Å². The second-order valence-corrected chi connectivity index (χ2v) is 8.51. The van der Waals surface area contributed by atoms with Gasteiger partial charge in [0.1, 0.15) is 12.4 Å². The first-order valence-corrected chi connectivity index (χ1v) is 11.1. The summed E-state index contributed by atoms with van der Waals surface area (Å²) in [6, 6.07) is 2.03. The summed E-state index contributed by atoms with van der Waals surface area (Å²) in [4.78, 5) is 17.1. The summed E-state index contributed by atoms with van der Waals surface area (Å²) >= 11 is 6.28. The predicted molar refractivity (Wildman–Crippen MR) is 127 cm³/mol. The molecule has 32 heavy (non-hydrogen) atoms. The Morgan fingerprint density at radius 3 is 2.47 bits per heavy atom. The van der Waals surface area contributed by atoms with Crippen molar-refractivity contribution < 1.29 is 8.78 Å². The zero-order valence-electron chi connectivity index (χ0n) is 19.0. The minimum absolute atomic E-state index is 0.113. The quantitative estimate of drug-likeness (QED) is 0.658. The normalized spacial score (nSPS) is 16.2. The standard InChI is InChI=1S/C23H30ClF2N5O/c1-6-15(2)11-16(3)18-12-21(28(5)23(32)17(18)4)30-9-7-29(8-10-30)19-13-27-31(22(19)24)14-20(25)26/h11-13,20H,4,6-10,14H2,1-3,5H3/b15-11-,18-16-. The molecule has 0 spiro atoms. The maximum atomic E-state index is 12.9. The number of rotatable bonds is 6. The summed E-state index contributed by atoms with van der Waals surface area (Å²) in [6.45, 7) is 12.2. The van der Waals surface area contributed by atoms with Crippen LogP contribution >= 0.6 is 11.6 Å². The Bertz CT molecular complexity index is 1180. The molecule has 6 nitrogen and oxygen atoms in total. The molecular weight excluding hydrogens is 436 g/mol. The molecule has 1 aliphatic heterocycles. The summed E-state index contributed by atoms with van der Waals surface area (Å²) in [5, 5.41) is 5.56. The molecule has 0 unspecified atom stereocenters. The molecule has 1 fully saturated rings. The van der Waals surface area contributed by atoms with Gasteiger partial charge in [-0.1, -0.05) is 36.8 Å². The van der Waals surface area contributed by atoms with Crippen LogP contribution in [0.5, 0.6) is 0 Å². The molecule has 0 amide bonds. The van der Waals surface area contributed by atoms with Gasteiger partial charge in [0.2, 0.25) is 0 Å². The largest absolute Gasteiger partial charge is 0.364 e. The van der Waals surface area contributed by atoms with Crippen LogP contribution in [0.4, 0.5) is 20.3 Å². The first kappa shape index (κ1) is 24.0. The fourth-order valence-corrected chi connectivity index (χ4v) is 4.23. The van der Waals surface area contributed by atoms with Gasteiger partial charge in [0, 0.05) is 38.4 Å². The van der Waals surface area contributed by atoms with E-state index >= 15 is 0 Å². The average Bonchev–Trinajstić information content (AvgIpc) is 3.11. The van der Waals surface area contributed by atoms with Crippen LogP contribution in [-0.2, 0) is 13.6 Å². The molecule has 0 radical (unpaired) electrons. The Labute approximate surface area is 191 Å². The van der Waals surface area contributed by atoms with Crippen LogP contribution in [0.2, 0.25) is 5.15 Å². The third-order valence-corrected chi connectivity index (χ3v) is 6.35. The third-order valence-electron chi connectivity index (χ3n) is 5.96. The molecule has 3 heterocycles. The van der Waals surface area contributed by atoms with Crippen molar-refractivity contribution in [2.45, 2.75) is 40.2 Å². The molecule has 2 aromatic heterocycles. The molecule has 0 aromatic carbocycles. The zero-order valence-corrected chi connectivity index (χ0v) is 19.8. The highest BCUT2D eigenvalue weighted by atomic mass is 35.5. The molecule has 1 aliphatic rings. The van der Waals surface area contributed by atoms with Crippen LogP contribution in [0, 0.1) is 0 Å². The van der Waals surface area contributed by atoms with E-state index in [-0.39, 0.29) is 10.7 Å². The molecule has 0 N–H and O–H groups in total. The lowest BCUT2D eigenvalue weighted by molar-refractivity contribution is 0.122. The number of nitrogens with zero attached hydrogens (tertiary/aromatic N) is 5. The van der Waals surface area contributed by atoms with Crippen LogP contribution in [0.3, 0.4) is 0 Å². The highest BCUT2D eigenvalue weighted by molar-refractivity contribution is 6.32. The summed E-state index contributed by atoms with van der Waals surface area (Å²) in [5.41, 5.74) is 2.80. The SMILES string of the molecule is C=c1c(=O)n(C)c(N2CCN(c3cnn(CC(F)F)c3Cl)CC2)c/c1=C(C)/C=C(/C)CC. The van der Waals surface area contributed by atoms with Gasteiger partial charge in [0.05, 0.1) is 11.9 Å². The highest BCUT2D eigenvalue weighted by Crippen LogP contribution is 2.27. The summed E-state index contributed by atoms with van der Waals surface area (Å²) in [5.74, 6) is 0.832. The van der Waals surface area contributed by atoms with Gasteiger partial charge in [-0.3, -0.25) is 9.36 Å². The second-order valence-electron chi connectivity index (χ2n) is 8.15. The molecule has 0 atom stereocenters. The fraction of sp³-hybridized carbons (Fsp3) is 0.478. The minimum atomic E-state index is -2.51. The summed E-state index contributed by atoms with van der Waals surface area (Å²) in [6.07, 6.45) is 2.07. The van der Waals surface area contributed by atoms with Crippen LogP contribution in [0.1, 0.15) is 27.2 Å². The van der Waals surface area contributed by atoms with Gasteiger partial charge in [-0.25, -0.2) is 13.5 Å². The van der Waals surface area contributed by atoms with E-state index in [1.165, 1.54) is 11.8 Å². The van der Waals surface area contributed by atoms with Crippen LogP contribution < -0.4 is 25.8 Å². The van der Waals surface area contributed by atoms with E-state index in [2.05, 4.69) is 36.5 Å². The monoisotopic (exact) mass is 465 g/mol. The Morgan fingerprint density at radius 1 is 1.25 bits per heavy atom. The Balaban J connectivity index is 1.88. The van der Waals surface area contributed by atoms with Gasteiger partial charge < -0.3 is 9.80 Å². The lowest BCUT2D eigenvalue weighted by Gasteiger charge is -2.37. The van der Waals surface area contributed by atoms with Crippen molar-refractivity contribution in [3.05, 3.63) is 49.9 Å². The van der Waals surface area contributed by atoms with Gasteiger partial charge in [0.25, 0.3) is 12.0 Å². The van der Waals surface area contributed by atoms with Gasteiger partial charge in [-0.2, -0.15) is 5.10 Å². The topological polar surface area (TPSA) is 46.3 Å². The van der Waals surface area contributed by atoms with Crippen LogP contribution in [-0.4, -0.2) is 47.0 Å². The Morgan fingerprint density at radius 2 is 1.88 bits per heavy atom. The van der Waals surface area contributed by atoms with Crippen molar-refractivity contribution in [1.29, 1.82) is 0 Å². The number of allylic oxidation sites excluding steroid dienone is 2. The number of pyridine rings is 1. The van der Waals surface area contributed by atoms with Gasteiger partial charge >= 0.3 is 0 Å². The minimum Gasteiger partial charge on any atom is -0.364 e. The van der Waals surface area contributed by atoms with Gasteiger partial charge in [-0.05, 0) is 37.1 Å². The number of piperazine rings is 1. The van der Waals surface area contributed by atoms with E-state index in [9.17, 15) is 13.6 Å².